The topological polar surface area (TPSA) is 131 Å². The number of anilines is 1. The second-order valence-electron chi connectivity index (χ2n) is 5.72. The zero-order valence-corrected chi connectivity index (χ0v) is 14.6. The third kappa shape index (κ3) is 6.39. The van der Waals surface area contributed by atoms with E-state index >= 15 is 0 Å². The molecular formula is C15H21N3O6S. The molecule has 1 fully saturated rings. The van der Waals surface area contributed by atoms with Gasteiger partial charge in [0.1, 0.15) is 11.8 Å². The van der Waals surface area contributed by atoms with Crippen molar-refractivity contribution in [2.45, 2.75) is 25.8 Å². The third-order valence-electron chi connectivity index (χ3n) is 3.61. The average Bonchev–Trinajstić information content (AvgIpc) is 2.98. The zero-order chi connectivity index (χ0) is 18.2. The fraction of sp³-hybridized carbons (Fsp3) is 0.600. The van der Waals surface area contributed by atoms with Gasteiger partial charge >= 0.3 is 5.97 Å². The number of carboxylic acid groups (broad SMARTS) is 1. The van der Waals surface area contributed by atoms with Gasteiger partial charge in [-0.3, -0.25) is 9.59 Å². The number of thioether (sulfide) groups is 1. The molecule has 2 amide bonds. The highest BCUT2D eigenvalue weighted by Crippen LogP contribution is 2.18. The van der Waals surface area contributed by atoms with Gasteiger partial charge in [-0.2, -0.15) is 0 Å². The van der Waals surface area contributed by atoms with E-state index in [1.54, 1.807) is 13.0 Å². The Balaban J connectivity index is 1.71. The summed E-state index contributed by atoms with van der Waals surface area (Å²) < 4.78 is 10.1. The van der Waals surface area contributed by atoms with Crippen LogP contribution in [-0.2, 0) is 19.1 Å². The van der Waals surface area contributed by atoms with Crippen molar-refractivity contribution in [2.24, 2.45) is 5.92 Å². The maximum atomic E-state index is 11.9. The first-order valence-electron chi connectivity index (χ1n) is 7.86. The lowest BCUT2D eigenvalue weighted by Crippen LogP contribution is -2.49. The van der Waals surface area contributed by atoms with Crippen molar-refractivity contribution in [3.8, 4) is 0 Å². The minimum Gasteiger partial charge on any atom is -0.480 e. The number of hydrogen-bond donors (Lipinski definition) is 3. The summed E-state index contributed by atoms with van der Waals surface area (Å²) in [5, 5.41) is 18.0. The van der Waals surface area contributed by atoms with Crippen molar-refractivity contribution >= 4 is 35.4 Å². The Morgan fingerprint density at radius 1 is 1.40 bits per heavy atom. The molecule has 2 atom stereocenters. The molecule has 0 aromatic carbocycles. The van der Waals surface area contributed by atoms with Gasteiger partial charge in [-0.05, 0) is 19.8 Å². The minimum atomic E-state index is -1.08. The first kappa shape index (κ1) is 19.3. The Morgan fingerprint density at radius 3 is 2.76 bits per heavy atom. The Labute approximate surface area is 148 Å². The van der Waals surface area contributed by atoms with Gasteiger partial charge in [0.2, 0.25) is 11.8 Å². The van der Waals surface area contributed by atoms with E-state index in [0.29, 0.717) is 31.2 Å². The lowest BCUT2D eigenvalue weighted by molar-refractivity contribution is -0.144. The predicted octanol–water partition coefficient (Wildman–Crippen LogP) is 0.651. The van der Waals surface area contributed by atoms with Crippen LogP contribution in [0.25, 0.3) is 0 Å². The first-order chi connectivity index (χ1) is 12.0. The number of aliphatic carboxylic acids is 1. The summed E-state index contributed by atoms with van der Waals surface area (Å²) in [6.45, 7) is 2.65. The van der Waals surface area contributed by atoms with Gasteiger partial charge in [-0.15, -0.1) is 11.8 Å². The van der Waals surface area contributed by atoms with Gasteiger partial charge in [0.15, 0.2) is 5.82 Å². The molecule has 2 unspecified atom stereocenters. The molecule has 2 rings (SSSR count). The number of carbonyl (C=O) groups excluding carboxylic acids is 2. The molecule has 10 heteroatoms. The van der Waals surface area contributed by atoms with Gasteiger partial charge in [0, 0.05) is 18.6 Å². The SMILES string of the molecule is Cc1cc(NC(=O)CSCC(=O)NC(C(=O)O)C2CCCOC2)no1. The second-order valence-corrected chi connectivity index (χ2v) is 6.71. The predicted molar refractivity (Wildman–Crippen MR) is 90.3 cm³/mol. The molecule has 3 N–H and O–H groups in total. The smallest absolute Gasteiger partial charge is 0.326 e. The maximum Gasteiger partial charge on any atom is 0.326 e. The highest BCUT2D eigenvalue weighted by molar-refractivity contribution is 8.00. The highest BCUT2D eigenvalue weighted by Gasteiger charge is 2.31. The van der Waals surface area contributed by atoms with E-state index in [0.717, 1.165) is 18.2 Å². The van der Waals surface area contributed by atoms with Gasteiger partial charge < -0.3 is 25.0 Å². The lowest BCUT2D eigenvalue weighted by Gasteiger charge is -2.28. The molecule has 1 saturated heterocycles. The average molecular weight is 371 g/mol. The summed E-state index contributed by atoms with van der Waals surface area (Å²) in [5.41, 5.74) is 0. The Hall–Kier alpha value is -2.07. The number of hydrogen-bond acceptors (Lipinski definition) is 7. The standard InChI is InChI=1S/C15H21N3O6S/c1-9-5-11(18-24-9)16-12(19)7-25-8-13(20)17-14(15(21)22)10-3-2-4-23-6-10/h5,10,14H,2-4,6-8H2,1H3,(H,17,20)(H,21,22)(H,16,18,19). The molecule has 1 aliphatic heterocycles. The maximum absolute atomic E-state index is 11.9. The summed E-state index contributed by atoms with van der Waals surface area (Å²) in [6.07, 6.45) is 1.48. The summed E-state index contributed by atoms with van der Waals surface area (Å²) >= 11 is 1.09. The van der Waals surface area contributed by atoms with E-state index in [2.05, 4.69) is 15.8 Å². The fourth-order valence-electron chi connectivity index (χ4n) is 2.47. The first-order valence-corrected chi connectivity index (χ1v) is 9.02. The summed E-state index contributed by atoms with van der Waals surface area (Å²) in [4.78, 5) is 35.0. The molecule has 1 aromatic heterocycles. The number of aromatic nitrogens is 1. The van der Waals surface area contributed by atoms with Crippen LogP contribution in [0.1, 0.15) is 18.6 Å². The molecule has 25 heavy (non-hydrogen) atoms. The quantitative estimate of drug-likeness (QED) is 0.607. The normalized spacial score (nSPS) is 18.4. The van der Waals surface area contributed by atoms with Crippen LogP contribution in [0.4, 0.5) is 5.82 Å². The Morgan fingerprint density at radius 2 is 2.16 bits per heavy atom. The molecule has 0 radical (unpaired) electrons. The summed E-state index contributed by atoms with van der Waals surface area (Å²) in [6, 6.07) is 0.610. The number of aryl methyl sites for hydroxylation is 1. The number of ether oxygens (including phenoxy) is 1. The Kier molecular flexibility index (Phi) is 7.26. The molecule has 9 nitrogen and oxygen atoms in total. The van der Waals surface area contributed by atoms with Crippen LogP contribution in [0.5, 0.6) is 0 Å². The largest absolute Gasteiger partial charge is 0.480 e. The molecule has 0 spiro atoms. The summed E-state index contributed by atoms with van der Waals surface area (Å²) in [5.74, 6) is -1.13. The van der Waals surface area contributed by atoms with Crippen LogP contribution >= 0.6 is 11.8 Å². The number of rotatable bonds is 8. The molecular weight excluding hydrogens is 350 g/mol. The third-order valence-corrected chi connectivity index (χ3v) is 4.54. The van der Waals surface area contributed by atoms with E-state index in [9.17, 15) is 19.5 Å². The molecule has 1 aliphatic rings. The zero-order valence-electron chi connectivity index (χ0n) is 13.8. The molecule has 0 bridgehead atoms. The summed E-state index contributed by atoms with van der Waals surface area (Å²) in [7, 11) is 0. The minimum absolute atomic E-state index is 0.0113. The van der Waals surface area contributed by atoms with Gasteiger partial charge in [-0.25, -0.2) is 4.79 Å². The van der Waals surface area contributed by atoms with E-state index in [1.807, 2.05) is 0 Å². The molecule has 138 valence electrons. The van der Waals surface area contributed by atoms with E-state index in [-0.39, 0.29) is 23.3 Å². The van der Waals surface area contributed by atoms with Gasteiger partial charge in [0.05, 0.1) is 18.1 Å². The number of amides is 2. The molecule has 0 aliphatic carbocycles. The monoisotopic (exact) mass is 371 g/mol. The van der Waals surface area contributed by atoms with Crippen LogP contribution in [0, 0.1) is 12.8 Å². The van der Waals surface area contributed by atoms with Crippen molar-refractivity contribution in [2.75, 3.05) is 30.0 Å². The fourth-order valence-corrected chi connectivity index (χ4v) is 3.09. The van der Waals surface area contributed by atoms with Crippen LogP contribution in [-0.4, -0.2) is 58.8 Å². The van der Waals surface area contributed by atoms with E-state index in [4.69, 9.17) is 9.26 Å². The van der Waals surface area contributed by atoms with Crippen LogP contribution < -0.4 is 10.6 Å². The lowest BCUT2D eigenvalue weighted by atomic mass is 9.94. The van der Waals surface area contributed by atoms with Crippen LogP contribution in [0.2, 0.25) is 0 Å². The van der Waals surface area contributed by atoms with E-state index < -0.39 is 17.9 Å². The number of carboxylic acids is 1. The molecule has 1 aromatic rings. The Bertz CT molecular complexity index is 614. The van der Waals surface area contributed by atoms with Gasteiger partial charge in [-0.1, -0.05) is 5.16 Å². The number of carbonyl (C=O) groups is 3. The molecule has 2 heterocycles. The van der Waals surface area contributed by atoms with Crippen LogP contribution in [0.15, 0.2) is 10.6 Å². The van der Waals surface area contributed by atoms with Crippen molar-refractivity contribution in [1.29, 1.82) is 0 Å². The van der Waals surface area contributed by atoms with Crippen molar-refractivity contribution in [3.63, 3.8) is 0 Å². The molecule has 0 saturated carbocycles. The number of nitrogens with one attached hydrogen (secondary N) is 2. The number of nitrogens with zero attached hydrogens (tertiary/aromatic N) is 1. The van der Waals surface area contributed by atoms with Crippen LogP contribution in [0.3, 0.4) is 0 Å². The van der Waals surface area contributed by atoms with Crippen molar-refractivity contribution in [1.82, 2.24) is 10.5 Å². The van der Waals surface area contributed by atoms with Gasteiger partial charge in [0.25, 0.3) is 0 Å². The highest BCUT2D eigenvalue weighted by atomic mass is 32.2. The van der Waals surface area contributed by atoms with Crippen molar-refractivity contribution < 1.29 is 28.8 Å². The van der Waals surface area contributed by atoms with E-state index in [1.165, 1.54) is 0 Å². The second kappa shape index (κ2) is 9.42. The van der Waals surface area contributed by atoms with Crippen molar-refractivity contribution in [3.05, 3.63) is 11.8 Å².